The molecule has 0 amide bonds. The molecule has 2 aromatic rings. The lowest BCUT2D eigenvalue weighted by Crippen LogP contribution is -2.06. The van der Waals surface area contributed by atoms with E-state index < -0.39 is 9.93 Å². The van der Waals surface area contributed by atoms with Crippen LogP contribution in [0, 0.1) is 0 Å². The van der Waals surface area contributed by atoms with Crippen molar-refractivity contribution in [1.29, 1.82) is 0 Å². The first kappa shape index (κ1) is 13.6. The maximum atomic E-state index is 12.0. The summed E-state index contributed by atoms with van der Waals surface area (Å²) in [5.41, 5.74) is 2.89. The molecule has 0 radical (unpaired) electrons. The Morgan fingerprint density at radius 2 is 1.47 bits per heavy atom. The molecule has 98 valence electrons. The number of hydrogen-bond acceptors (Lipinski definition) is 2. The van der Waals surface area contributed by atoms with Crippen molar-refractivity contribution in [3.05, 3.63) is 71.6 Å². The van der Waals surface area contributed by atoms with Crippen molar-refractivity contribution < 1.29 is 4.21 Å². The lowest BCUT2D eigenvalue weighted by atomic mass is 10.1. The van der Waals surface area contributed by atoms with Gasteiger partial charge in [-0.3, -0.25) is 0 Å². The Hall–Kier alpha value is -1.87. The van der Waals surface area contributed by atoms with Gasteiger partial charge in [0, 0.05) is 11.3 Å². The van der Waals surface area contributed by atoms with E-state index in [9.17, 15) is 4.21 Å². The maximum absolute atomic E-state index is 12.0. The van der Waals surface area contributed by atoms with E-state index in [1.807, 2.05) is 60.7 Å². The van der Waals surface area contributed by atoms with Gasteiger partial charge in [-0.1, -0.05) is 48.5 Å². The van der Waals surface area contributed by atoms with Crippen LogP contribution >= 0.6 is 0 Å². The van der Waals surface area contributed by atoms with Crippen molar-refractivity contribution in [1.82, 2.24) is 0 Å². The van der Waals surface area contributed by atoms with Gasteiger partial charge in [-0.15, -0.1) is 4.21 Å². The molecule has 0 aliphatic rings. The molecule has 0 spiro atoms. The molecule has 1 N–H and O–H groups in total. The van der Waals surface area contributed by atoms with Crippen molar-refractivity contribution in [3.8, 4) is 0 Å². The highest BCUT2D eigenvalue weighted by Crippen LogP contribution is 2.20. The molecule has 0 bridgehead atoms. The molecule has 0 atom stereocenters. The predicted molar refractivity (Wildman–Crippen MR) is 84.4 cm³/mol. The van der Waals surface area contributed by atoms with Crippen LogP contribution in [0.5, 0.6) is 0 Å². The highest BCUT2D eigenvalue weighted by molar-refractivity contribution is 8.04. The minimum atomic E-state index is -1.97. The molecule has 19 heavy (non-hydrogen) atoms. The van der Waals surface area contributed by atoms with E-state index in [1.54, 1.807) is 17.9 Å². The van der Waals surface area contributed by atoms with Crippen LogP contribution in [0.25, 0.3) is 5.70 Å². The van der Waals surface area contributed by atoms with Crippen molar-refractivity contribution >= 4 is 21.3 Å². The third-order valence-electron chi connectivity index (χ3n) is 2.54. The first-order valence-corrected chi connectivity index (χ1v) is 8.52. The normalized spacial score (nSPS) is 12.2. The zero-order chi connectivity index (χ0) is 13.7. The van der Waals surface area contributed by atoms with E-state index >= 15 is 0 Å². The van der Waals surface area contributed by atoms with E-state index in [0.717, 1.165) is 16.9 Å². The number of benzene rings is 2. The van der Waals surface area contributed by atoms with Gasteiger partial charge in [0.25, 0.3) is 0 Å². The largest absolute Gasteiger partial charge is 0.351 e. The lowest BCUT2D eigenvalue weighted by Gasteiger charge is -2.10. The highest BCUT2D eigenvalue weighted by Gasteiger charge is 2.13. The van der Waals surface area contributed by atoms with E-state index in [1.165, 1.54) is 0 Å². The van der Waals surface area contributed by atoms with Gasteiger partial charge in [0.15, 0.2) is 0 Å². The van der Waals surface area contributed by atoms with E-state index in [0.29, 0.717) is 0 Å². The SMILES string of the molecule is C[S+](C)(=O)/C=C(\Nc1ccccc1)c1ccccc1. The summed E-state index contributed by atoms with van der Waals surface area (Å²) in [7, 11) is -1.97. The van der Waals surface area contributed by atoms with E-state index in [2.05, 4.69) is 5.32 Å². The zero-order valence-electron chi connectivity index (χ0n) is 11.2. The molecule has 2 rings (SSSR count). The fraction of sp³-hybridized carbons (Fsp3) is 0.125. The van der Waals surface area contributed by atoms with Crippen molar-refractivity contribution in [2.45, 2.75) is 0 Å². The zero-order valence-corrected chi connectivity index (χ0v) is 12.0. The standard InChI is InChI=1S/C16H18NOS/c1-19(2,18)13-16(14-9-5-3-6-10-14)17-15-11-7-4-8-12-15/h3-13,17H,1-2H3/q+1/b16-13-. The average Bonchev–Trinajstić information content (AvgIpc) is 2.39. The van der Waals surface area contributed by atoms with Crippen LogP contribution in [0.15, 0.2) is 66.1 Å². The van der Waals surface area contributed by atoms with Gasteiger partial charge < -0.3 is 5.32 Å². The van der Waals surface area contributed by atoms with Gasteiger partial charge in [-0.2, -0.15) is 0 Å². The molecule has 0 aliphatic heterocycles. The van der Waals surface area contributed by atoms with E-state index in [-0.39, 0.29) is 0 Å². The van der Waals surface area contributed by atoms with Gasteiger partial charge in [-0.25, -0.2) is 0 Å². The van der Waals surface area contributed by atoms with Crippen LogP contribution in [0.3, 0.4) is 0 Å². The topological polar surface area (TPSA) is 29.1 Å². The van der Waals surface area contributed by atoms with Gasteiger partial charge in [0.2, 0.25) is 0 Å². The summed E-state index contributed by atoms with van der Waals surface area (Å²) >= 11 is 0. The minimum Gasteiger partial charge on any atom is -0.351 e. The molecule has 0 aliphatic carbocycles. The fourth-order valence-corrected chi connectivity index (χ4v) is 2.51. The molecule has 0 heterocycles. The van der Waals surface area contributed by atoms with Crippen LogP contribution < -0.4 is 5.32 Å². The first-order valence-electron chi connectivity index (χ1n) is 6.08. The molecule has 3 heteroatoms. The number of rotatable bonds is 4. The Kier molecular flexibility index (Phi) is 4.17. The van der Waals surface area contributed by atoms with Gasteiger partial charge in [0.05, 0.1) is 5.70 Å². The molecular formula is C16H18NOS+. The van der Waals surface area contributed by atoms with Gasteiger partial charge >= 0.3 is 0 Å². The summed E-state index contributed by atoms with van der Waals surface area (Å²) in [6.07, 6.45) is 3.48. The number of hydrogen-bond donors (Lipinski definition) is 1. The molecule has 2 nitrogen and oxygen atoms in total. The molecule has 0 saturated heterocycles. The Morgan fingerprint density at radius 3 is 2.00 bits per heavy atom. The number of anilines is 1. The third kappa shape index (κ3) is 4.38. The molecule has 0 fully saturated rings. The summed E-state index contributed by atoms with van der Waals surface area (Å²) < 4.78 is 12.0. The summed E-state index contributed by atoms with van der Waals surface area (Å²) in [4.78, 5) is 0. The van der Waals surface area contributed by atoms with Gasteiger partial charge in [0.1, 0.15) is 27.9 Å². The monoisotopic (exact) mass is 272 g/mol. The van der Waals surface area contributed by atoms with Crippen LogP contribution in [0.2, 0.25) is 0 Å². The Balaban J connectivity index is 2.37. The van der Waals surface area contributed by atoms with Crippen molar-refractivity contribution in [2.24, 2.45) is 0 Å². The summed E-state index contributed by atoms with van der Waals surface area (Å²) in [5, 5.41) is 5.13. The van der Waals surface area contributed by atoms with E-state index in [4.69, 9.17) is 0 Å². The number of nitrogens with one attached hydrogen (secondary N) is 1. The fourth-order valence-electron chi connectivity index (χ4n) is 1.75. The maximum Gasteiger partial charge on any atom is 0.146 e. The smallest absolute Gasteiger partial charge is 0.146 e. The molecule has 0 unspecified atom stereocenters. The first-order chi connectivity index (χ1) is 9.04. The second-order valence-electron chi connectivity index (χ2n) is 4.70. The van der Waals surface area contributed by atoms with Crippen molar-refractivity contribution in [3.63, 3.8) is 0 Å². The van der Waals surface area contributed by atoms with Crippen LogP contribution in [-0.4, -0.2) is 12.5 Å². The molecular weight excluding hydrogens is 254 g/mol. The minimum absolute atomic E-state index is 0.877. The lowest BCUT2D eigenvalue weighted by molar-refractivity contribution is 0.596. The van der Waals surface area contributed by atoms with Crippen molar-refractivity contribution in [2.75, 3.05) is 17.8 Å². The Morgan fingerprint density at radius 1 is 0.947 bits per heavy atom. The molecule has 0 saturated carbocycles. The quantitative estimate of drug-likeness (QED) is 0.856. The predicted octanol–water partition coefficient (Wildman–Crippen LogP) is 3.86. The highest BCUT2D eigenvalue weighted by atomic mass is 32.2. The summed E-state index contributed by atoms with van der Waals surface area (Å²) in [5.74, 6) is 0. The summed E-state index contributed by atoms with van der Waals surface area (Å²) in [6.45, 7) is 0. The van der Waals surface area contributed by atoms with Crippen LogP contribution in [-0.2, 0) is 14.1 Å². The van der Waals surface area contributed by atoms with Crippen LogP contribution in [0.1, 0.15) is 5.56 Å². The average molecular weight is 272 g/mol. The van der Waals surface area contributed by atoms with Crippen LogP contribution in [0.4, 0.5) is 5.69 Å². The summed E-state index contributed by atoms with van der Waals surface area (Å²) in [6, 6.07) is 19.8. The second-order valence-corrected chi connectivity index (χ2v) is 7.55. The third-order valence-corrected chi connectivity index (χ3v) is 3.34. The Labute approximate surface area is 115 Å². The number of para-hydroxylation sites is 1. The van der Waals surface area contributed by atoms with Gasteiger partial charge in [-0.05, 0) is 12.1 Å². The second kappa shape index (κ2) is 5.85. The molecule has 2 aromatic carbocycles. The Bertz CT molecular complexity index is 599. The molecule has 0 aromatic heterocycles.